The molecule has 1 aromatic heterocycles. The van der Waals surface area contributed by atoms with Crippen LogP contribution in [0, 0.1) is 27.2 Å². The third-order valence-corrected chi connectivity index (χ3v) is 4.07. The van der Waals surface area contributed by atoms with Crippen molar-refractivity contribution in [3.8, 4) is 0 Å². The number of thiophene rings is 1. The van der Waals surface area contributed by atoms with E-state index < -0.39 is 9.85 Å². The molecule has 2 rings (SSSR count). The molecule has 126 valence electrons. The molecule has 0 spiro atoms. The second-order valence-electron chi connectivity index (χ2n) is 4.34. The molecule has 1 heterocycles. The zero-order valence-corrected chi connectivity index (χ0v) is 14.7. The molecule has 0 radical (unpaired) electrons. The van der Waals surface area contributed by atoms with Gasteiger partial charge in [-0.05, 0) is 13.0 Å². The van der Waals surface area contributed by atoms with Crippen molar-refractivity contribution in [2.24, 2.45) is 11.5 Å². The summed E-state index contributed by atoms with van der Waals surface area (Å²) in [6, 6.07) is 4.59. The van der Waals surface area contributed by atoms with Crippen LogP contribution in [0.3, 0.4) is 0 Å². The van der Waals surface area contributed by atoms with Crippen LogP contribution in [0.2, 0.25) is 0 Å². The highest BCUT2D eigenvalue weighted by atomic mass is 32.1. The SMILES string of the molecule is Cc1scc(C(N)=S)c1C(N)=S.O=[N+]([O-])c1cccc([N+](=O)[O-])c1. The van der Waals surface area contributed by atoms with E-state index in [1.54, 1.807) is 11.3 Å². The number of nitro groups is 2. The summed E-state index contributed by atoms with van der Waals surface area (Å²) in [5, 5.41) is 22.2. The number of rotatable bonds is 4. The van der Waals surface area contributed by atoms with Crippen LogP contribution in [0.5, 0.6) is 0 Å². The normalized spacial score (nSPS) is 9.54. The van der Waals surface area contributed by atoms with E-state index in [0.29, 0.717) is 9.98 Å². The first-order valence-electron chi connectivity index (χ1n) is 6.21. The molecule has 0 saturated heterocycles. The Kier molecular flexibility index (Phi) is 6.82. The molecule has 0 unspecified atom stereocenters. The number of non-ortho nitro benzene ring substituents is 2. The van der Waals surface area contributed by atoms with Crippen molar-refractivity contribution in [3.05, 3.63) is 65.9 Å². The van der Waals surface area contributed by atoms with E-state index in [-0.39, 0.29) is 11.4 Å². The summed E-state index contributed by atoms with van der Waals surface area (Å²) in [5.74, 6) is 0. The predicted molar refractivity (Wildman–Crippen MR) is 101 cm³/mol. The maximum atomic E-state index is 10.2. The minimum absolute atomic E-state index is 0.274. The van der Waals surface area contributed by atoms with Crippen molar-refractivity contribution in [2.45, 2.75) is 6.92 Å². The van der Waals surface area contributed by atoms with Crippen molar-refractivity contribution in [3.63, 3.8) is 0 Å². The van der Waals surface area contributed by atoms with Gasteiger partial charge in [0.05, 0.1) is 15.9 Å². The number of hydrogen-bond donors (Lipinski definition) is 2. The topological polar surface area (TPSA) is 138 Å². The molecule has 4 N–H and O–H groups in total. The molecule has 0 amide bonds. The number of nitrogens with zero attached hydrogens (tertiary/aromatic N) is 2. The molecule has 1 aromatic carbocycles. The predicted octanol–water partition coefficient (Wildman–Crippen LogP) is 2.83. The summed E-state index contributed by atoms with van der Waals surface area (Å²) in [6.07, 6.45) is 0. The van der Waals surface area contributed by atoms with Crippen molar-refractivity contribution in [2.75, 3.05) is 0 Å². The highest BCUT2D eigenvalue weighted by Crippen LogP contribution is 2.21. The summed E-state index contributed by atoms with van der Waals surface area (Å²) in [5.41, 5.74) is 12.1. The van der Waals surface area contributed by atoms with Crippen LogP contribution in [0.4, 0.5) is 11.4 Å². The van der Waals surface area contributed by atoms with E-state index >= 15 is 0 Å². The van der Waals surface area contributed by atoms with Gasteiger partial charge in [0, 0.05) is 33.5 Å². The van der Waals surface area contributed by atoms with Gasteiger partial charge < -0.3 is 11.5 Å². The monoisotopic (exact) mass is 384 g/mol. The number of aryl methyl sites for hydroxylation is 1. The largest absolute Gasteiger partial charge is 0.389 e. The van der Waals surface area contributed by atoms with Gasteiger partial charge in [-0.15, -0.1) is 11.3 Å². The molecule has 0 bridgehead atoms. The van der Waals surface area contributed by atoms with Crippen LogP contribution in [-0.4, -0.2) is 19.8 Å². The average molecular weight is 384 g/mol. The lowest BCUT2D eigenvalue weighted by molar-refractivity contribution is -0.394. The van der Waals surface area contributed by atoms with Crippen LogP contribution in [-0.2, 0) is 0 Å². The van der Waals surface area contributed by atoms with E-state index in [2.05, 4.69) is 0 Å². The Morgan fingerprint density at radius 2 is 1.58 bits per heavy atom. The molecule has 24 heavy (non-hydrogen) atoms. The minimum Gasteiger partial charge on any atom is -0.389 e. The quantitative estimate of drug-likeness (QED) is 0.466. The fourth-order valence-electron chi connectivity index (χ4n) is 1.66. The number of nitrogens with two attached hydrogens (primary N) is 2. The third kappa shape index (κ3) is 5.01. The maximum absolute atomic E-state index is 10.2. The van der Waals surface area contributed by atoms with E-state index in [1.165, 1.54) is 18.2 Å². The number of benzene rings is 1. The highest BCUT2D eigenvalue weighted by molar-refractivity contribution is 7.81. The standard InChI is InChI=1S/C7H8N2S3.C6H4N2O4/c1-3-5(7(9)11)4(2-12-3)6(8)10;9-7(10)5-2-1-3-6(4-5)8(11)12/h2H,1H3,(H2,8,10)(H2,9,11);1-4H. The fraction of sp³-hybridized carbons (Fsp3) is 0.0769. The lowest BCUT2D eigenvalue weighted by Crippen LogP contribution is -2.17. The van der Waals surface area contributed by atoms with Crippen LogP contribution in [0.1, 0.15) is 16.0 Å². The van der Waals surface area contributed by atoms with E-state index in [9.17, 15) is 20.2 Å². The number of thiocarbonyl (C=S) groups is 2. The lowest BCUT2D eigenvalue weighted by atomic mass is 10.1. The average Bonchev–Trinajstić information content (AvgIpc) is 2.90. The highest BCUT2D eigenvalue weighted by Gasteiger charge is 2.12. The Morgan fingerprint density at radius 3 is 1.92 bits per heavy atom. The van der Waals surface area contributed by atoms with Gasteiger partial charge in [-0.25, -0.2) is 0 Å². The summed E-state index contributed by atoms with van der Waals surface area (Å²) in [7, 11) is 0. The van der Waals surface area contributed by atoms with Crippen molar-refractivity contribution in [1.82, 2.24) is 0 Å². The van der Waals surface area contributed by atoms with Crippen LogP contribution in [0.25, 0.3) is 0 Å². The van der Waals surface area contributed by atoms with Gasteiger partial charge in [-0.2, -0.15) is 0 Å². The summed E-state index contributed by atoms with van der Waals surface area (Å²) < 4.78 is 0. The molecular weight excluding hydrogens is 372 g/mol. The Hall–Kier alpha value is -2.50. The first kappa shape index (κ1) is 19.5. The summed E-state index contributed by atoms with van der Waals surface area (Å²) >= 11 is 11.3. The van der Waals surface area contributed by atoms with Gasteiger partial charge in [0.1, 0.15) is 9.98 Å². The van der Waals surface area contributed by atoms with E-state index in [0.717, 1.165) is 22.1 Å². The second kappa shape index (κ2) is 8.38. The smallest absolute Gasteiger partial charge is 0.276 e. The number of hydrogen-bond acceptors (Lipinski definition) is 7. The van der Waals surface area contributed by atoms with Crippen molar-refractivity contribution < 1.29 is 9.85 Å². The Bertz CT molecular complexity index is 790. The molecular formula is C13H12N4O4S3. The van der Waals surface area contributed by atoms with Crippen LogP contribution < -0.4 is 11.5 Å². The molecule has 0 aliphatic heterocycles. The Morgan fingerprint density at radius 1 is 1.08 bits per heavy atom. The van der Waals surface area contributed by atoms with E-state index in [4.69, 9.17) is 35.9 Å². The summed E-state index contributed by atoms with van der Waals surface area (Å²) in [6.45, 7) is 1.95. The summed E-state index contributed by atoms with van der Waals surface area (Å²) in [4.78, 5) is 20.7. The molecule has 2 aromatic rings. The lowest BCUT2D eigenvalue weighted by Gasteiger charge is -2.00. The molecule has 8 nitrogen and oxygen atoms in total. The minimum atomic E-state index is -0.674. The fourth-order valence-corrected chi connectivity index (χ4v) is 3.10. The molecule has 11 heteroatoms. The Balaban J connectivity index is 0.000000240. The first-order valence-corrected chi connectivity index (χ1v) is 7.91. The van der Waals surface area contributed by atoms with Crippen LogP contribution >= 0.6 is 35.8 Å². The molecule has 0 saturated carbocycles. The van der Waals surface area contributed by atoms with Gasteiger partial charge in [0.15, 0.2) is 0 Å². The maximum Gasteiger partial charge on any atom is 0.276 e. The zero-order valence-electron chi connectivity index (χ0n) is 12.3. The van der Waals surface area contributed by atoms with Crippen molar-refractivity contribution in [1.29, 1.82) is 0 Å². The Labute approximate surface area is 151 Å². The van der Waals surface area contributed by atoms with E-state index in [1.807, 2.05) is 12.3 Å². The first-order chi connectivity index (χ1) is 11.1. The van der Waals surface area contributed by atoms with Gasteiger partial charge in [0.2, 0.25) is 0 Å². The van der Waals surface area contributed by atoms with Gasteiger partial charge in [-0.3, -0.25) is 20.2 Å². The molecule has 0 fully saturated rings. The zero-order chi connectivity index (χ0) is 18.4. The van der Waals surface area contributed by atoms with Gasteiger partial charge >= 0.3 is 0 Å². The van der Waals surface area contributed by atoms with Crippen molar-refractivity contribution >= 4 is 57.1 Å². The van der Waals surface area contributed by atoms with Crippen LogP contribution in [0.15, 0.2) is 29.6 Å². The number of nitro benzene ring substituents is 2. The second-order valence-corrected chi connectivity index (χ2v) is 6.31. The molecule has 0 atom stereocenters. The molecule has 0 aliphatic carbocycles. The molecule has 0 aliphatic rings. The van der Waals surface area contributed by atoms with Gasteiger partial charge in [-0.1, -0.05) is 24.4 Å². The third-order valence-electron chi connectivity index (χ3n) is 2.74. The van der Waals surface area contributed by atoms with Gasteiger partial charge in [0.25, 0.3) is 11.4 Å².